The van der Waals surface area contributed by atoms with E-state index in [1.54, 1.807) is 13.0 Å². The molecule has 0 spiro atoms. The maximum absolute atomic E-state index is 13.4. The lowest BCUT2D eigenvalue weighted by Crippen LogP contribution is -2.14. The van der Waals surface area contributed by atoms with Gasteiger partial charge in [0.15, 0.2) is 0 Å². The van der Waals surface area contributed by atoms with Crippen molar-refractivity contribution in [2.45, 2.75) is 18.7 Å². The SMILES string of the molecule is Cc1cc(C)nc(NS(=O)(=O)c2ccc(Br)c(F)c2)c1. The summed E-state index contributed by atoms with van der Waals surface area (Å²) < 4.78 is 40.3. The first kappa shape index (κ1) is 14.9. The summed E-state index contributed by atoms with van der Waals surface area (Å²) in [5.41, 5.74) is 1.59. The summed E-state index contributed by atoms with van der Waals surface area (Å²) in [7, 11) is -3.86. The molecule has 0 radical (unpaired) electrons. The second-order valence-electron chi connectivity index (χ2n) is 4.35. The molecule has 0 unspecified atom stereocenters. The van der Waals surface area contributed by atoms with Crippen LogP contribution in [0.3, 0.4) is 0 Å². The lowest BCUT2D eigenvalue weighted by molar-refractivity contribution is 0.593. The molecule has 0 aliphatic heterocycles. The van der Waals surface area contributed by atoms with E-state index in [4.69, 9.17) is 0 Å². The van der Waals surface area contributed by atoms with Crippen molar-refractivity contribution < 1.29 is 12.8 Å². The third-order valence-corrected chi connectivity index (χ3v) is 4.53. The molecule has 106 valence electrons. The number of hydrogen-bond acceptors (Lipinski definition) is 3. The van der Waals surface area contributed by atoms with Gasteiger partial charge in [0.05, 0.1) is 9.37 Å². The zero-order chi connectivity index (χ0) is 14.9. The van der Waals surface area contributed by atoms with E-state index in [0.29, 0.717) is 5.69 Å². The molecule has 1 aromatic heterocycles. The van der Waals surface area contributed by atoms with Crippen molar-refractivity contribution in [2.75, 3.05) is 4.72 Å². The molecule has 0 amide bonds. The number of aryl methyl sites for hydroxylation is 2. The van der Waals surface area contributed by atoms with Gasteiger partial charge < -0.3 is 0 Å². The van der Waals surface area contributed by atoms with Gasteiger partial charge in [0.2, 0.25) is 0 Å². The van der Waals surface area contributed by atoms with Crippen molar-refractivity contribution in [2.24, 2.45) is 0 Å². The number of rotatable bonds is 3. The molecule has 0 fully saturated rings. The molecule has 7 heteroatoms. The van der Waals surface area contributed by atoms with Crippen molar-refractivity contribution in [3.05, 3.63) is 51.9 Å². The minimum atomic E-state index is -3.86. The van der Waals surface area contributed by atoms with Gasteiger partial charge >= 0.3 is 0 Å². The fourth-order valence-electron chi connectivity index (χ4n) is 1.73. The number of nitrogens with zero attached hydrogens (tertiary/aromatic N) is 1. The fraction of sp³-hybridized carbons (Fsp3) is 0.154. The number of halogens is 2. The average molecular weight is 359 g/mol. The Hall–Kier alpha value is -1.47. The monoisotopic (exact) mass is 358 g/mol. The Kier molecular flexibility index (Phi) is 4.10. The van der Waals surface area contributed by atoms with Crippen molar-refractivity contribution >= 4 is 31.8 Å². The summed E-state index contributed by atoms with van der Waals surface area (Å²) >= 11 is 2.98. The van der Waals surface area contributed by atoms with E-state index in [0.717, 1.165) is 11.6 Å². The second-order valence-corrected chi connectivity index (χ2v) is 6.89. The van der Waals surface area contributed by atoms with Gasteiger partial charge in [-0.15, -0.1) is 0 Å². The summed E-state index contributed by atoms with van der Waals surface area (Å²) in [5, 5.41) is 0. The molecule has 4 nitrogen and oxygen atoms in total. The molecule has 0 bridgehead atoms. The molecule has 1 aromatic carbocycles. The number of hydrogen-bond donors (Lipinski definition) is 1. The molecule has 0 aliphatic carbocycles. The van der Waals surface area contributed by atoms with E-state index in [9.17, 15) is 12.8 Å². The first-order valence-corrected chi connectivity index (χ1v) is 7.99. The number of anilines is 1. The first-order valence-electron chi connectivity index (χ1n) is 5.71. The van der Waals surface area contributed by atoms with Gasteiger partial charge in [-0.05, 0) is 65.7 Å². The third-order valence-electron chi connectivity index (χ3n) is 2.54. The highest BCUT2D eigenvalue weighted by molar-refractivity contribution is 9.10. The Labute approximate surface area is 125 Å². The predicted molar refractivity (Wildman–Crippen MR) is 78.6 cm³/mol. The van der Waals surface area contributed by atoms with Gasteiger partial charge in [-0.25, -0.2) is 17.8 Å². The molecule has 2 aromatic rings. The highest BCUT2D eigenvalue weighted by Crippen LogP contribution is 2.21. The summed E-state index contributed by atoms with van der Waals surface area (Å²) in [6.07, 6.45) is 0. The Morgan fingerprint density at radius 3 is 2.50 bits per heavy atom. The van der Waals surface area contributed by atoms with Crippen LogP contribution in [0, 0.1) is 19.7 Å². The van der Waals surface area contributed by atoms with Gasteiger partial charge in [0, 0.05) is 5.69 Å². The van der Waals surface area contributed by atoms with Crippen LogP contribution in [0.1, 0.15) is 11.3 Å². The molecule has 1 heterocycles. The van der Waals surface area contributed by atoms with Gasteiger partial charge in [-0.2, -0.15) is 0 Å². The lowest BCUT2D eigenvalue weighted by atomic mass is 10.2. The maximum atomic E-state index is 13.4. The van der Waals surface area contributed by atoms with Crippen LogP contribution in [0.25, 0.3) is 0 Å². The molecular formula is C13H12BrFN2O2S. The molecule has 0 saturated carbocycles. The molecule has 0 aliphatic rings. The largest absolute Gasteiger partial charge is 0.263 e. The highest BCUT2D eigenvalue weighted by atomic mass is 79.9. The van der Waals surface area contributed by atoms with E-state index in [2.05, 4.69) is 25.6 Å². The van der Waals surface area contributed by atoms with E-state index in [-0.39, 0.29) is 15.2 Å². The van der Waals surface area contributed by atoms with E-state index in [1.165, 1.54) is 12.1 Å². The number of pyridine rings is 1. The van der Waals surface area contributed by atoms with Crippen molar-refractivity contribution in [3.63, 3.8) is 0 Å². The van der Waals surface area contributed by atoms with Crippen LogP contribution >= 0.6 is 15.9 Å². The van der Waals surface area contributed by atoms with Gasteiger partial charge in [0.25, 0.3) is 10.0 Å². The lowest BCUT2D eigenvalue weighted by Gasteiger charge is -2.09. The minimum Gasteiger partial charge on any atom is -0.263 e. The third kappa shape index (κ3) is 3.34. The number of nitrogens with one attached hydrogen (secondary N) is 1. The average Bonchev–Trinajstić information content (AvgIpc) is 2.30. The molecule has 0 atom stereocenters. The molecular weight excluding hydrogens is 347 g/mol. The Bertz CT molecular complexity index is 743. The summed E-state index contributed by atoms with van der Waals surface area (Å²) in [6, 6.07) is 7.06. The van der Waals surface area contributed by atoms with Crippen LogP contribution < -0.4 is 4.72 Å². The number of benzene rings is 1. The van der Waals surface area contributed by atoms with Crippen LogP contribution in [0.2, 0.25) is 0 Å². The maximum Gasteiger partial charge on any atom is 0.263 e. The van der Waals surface area contributed by atoms with Crippen molar-refractivity contribution in [1.29, 1.82) is 0 Å². The smallest absolute Gasteiger partial charge is 0.263 e. The minimum absolute atomic E-state index is 0.154. The normalized spacial score (nSPS) is 11.4. The van der Waals surface area contributed by atoms with Crippen LogP contribution in [-0.2, 0) is 10.0 Å². The van der Waals surface area contributed by atoms with E-state index < -0.39 is 15.8 Å². The number of sulfonamides is 1. The van der Waals surface area contributed by atoms with E-state index >= 15 is 0 Å². The Balaban J connectivity index is 2.37. The standard InChI is InChI=1S/C13H12BrFN2O2S/c1-8-5-9(2)16-13(6-8)17-20(18,19)10-3-4-11(14)12(15)7-10/h3-7H,1-2H3,(H,16,17). The number of aromatic nitrogens is 1. The topological polar surface area (TPSA) is 59.1 Å². The van der Waals surface area contributed by atoms with Gasteiger partial charge in [-0.1, -0.05) is 0 Å². The summed E-state index contributed by atoms with van der Waals surface area (Å²) in [5.74, 6) is -0.424. The first-order chi connectivity index (χ1) is 9.28. The van der Waals surface area contributed by atoms with Crippen LogP contribution in [0.15, 0.2) is 39.7 Å². The van der Waals surface area contributed by atoms with Gasteiger partial charge in [-0.3, -0.25) is 4.72 Å². The summed E-state index contributed by atoms with van der Waals surface area (Å²) in [4.78, 5) is 3.94. The zero-order valence-electron chi connectivity index (χ0n) is 10.8. The van der Waals surface area contributed by atoms with E-state index in [1.807, 2.05) is 13.0 Å². The molecule has 1 N–H and O–H groups in total. The Morgan fingerprint density at radius 1 is 1.20 bits per heavy atom. The van der Waals surface area contributed by atoms with Crippen molar-refractivity contribution in [1.82, 2.24) is 4.98 Å². The van der Waals surface area contributed by atoms with Crippen LogP contribution in [-0.4, -0.2) is 13.4 Å². The Morgan fingerprint density at radius 2 is 1.90 bits per heavy atom. The molecule has 2 rings (SSSR count). The zero-order valence-corrected chi connectivity index (χ0v) is 13.2. The van der Waals surface area contributed by atoms with Crippen molar-refractivity contribution in [3.8, 4) is 0 Å². The molecule has 20 heavy (non-hydrogen) atoms. The van der Waals surface area contributed by atoms with Crippen LogP contribution in [0.4, 0.5) is 10.2 Å². The molecule has 0 saturated heterocycles. The second kappa shape index (κ2) is 5.49. The van der Waals surface area contributed by atoms with Gasteiger partial charge in [0.1, 0.15) is 11.6 Å². The fourth-order valence-corrected chi connectivity index (χ4v) is 2.98. The quantitative estimate of drug-likeness (QED) is 0.914. The summed E-state index contributed by atoms with van der Waals surface area (Å²) in [6.45, 7) is 3.61. The van der Waals surface area contributed by atoms with Crippen LogP contribution in [0.5, 0.6) is 0 Å². The predicted octanol–water partition coefficient (Wildman–Crippen LogP) is 3.40. The highest BCUT2D eigenvalue weighted by Gasteiger charge is 2.17.